The highest BCUT2D eigenvalue weighted by Crippen LogP contribution is 2.16. The van der Waals surface area contributed by atoms with Gasteiger partial charge < -0.3 is 15.2 Å². The third-order valence-corrected chi connectivity index (χ3v) is 3.38. The molecule has 0 aliphatic heterocycles. The summed E-state index contributed by atoms with van der Waals surface area (Å²) in [5.41, 5.74) is 1.08. The van der Waals surface area contributed by atoms with E-state index in [1.165, 1.54) is 0 Å². The third kappa shape index (κ3) is 7.12. The van der Waals surface area contributed by atoms with Crippen LogP contribution < -0.4 is 10.1 Å². The summed E-state index contributed by atoms with van der Waals surface area (Å²) < 4.78 is 5.57. The highest BCUT2D eigenvalue weighted by Gasteiger charge is 2.05. The van der Waals surface area contributed by atoms with Gasteiger partial charge in [0, 0.05) is 18.8 Å². The van der Waals surface area contributed by atoms with Gasteiger partial charge in [-0.05, 0) is 18.6 Å². The van der Waals surface area contributed by atoms with Gasteiger partial charge in [0.1, 0.15) is 18.5 Å². The van der Waals surface area contributed by atoms with E-state index in [1.807, 2.05) is 31.2 Å². The highest BCUT2D eigenvalue weighted by atomic mass is 32.2. The maximum absolute atomic E-state index is 9.78. The normalized spacial score (nSPS) is 11.8. The van der Waals surface area contributed by atoms with Crippen molar-refractivity contribution in [3.8, 4) is 18.1 Å². The monoisotopic (exact) mass is 279 g/mol. The quantitative estimate of drug-likeness (QED) is 0.533. The number of para-hydroxylation sites is 1. The Morgan fingerprint density at radius 3 is 3.00 bits per heavy atom. The van der Waals surface area contributed by atoms with Crippen LogP contribution in [-0.4, -0.2) is 42.4 Å². The molecule has 4 heteroatoms. The first kappa shape index (κ1) is 15.9. The largest absolute Gasteiger partial charge is 0.491 e. The van der Waals surface area contributed by atoms with E-state index in [-0.39, 0.29) is 0 Å². The fourth-order valence-corrected chi connectivity index (χ4v) is 2.06. The van der Waals surface area contributed by atoms with E-state index in [0.29, 0.717) is 13.2 Å². The molecule has 2 N–H and O–H groups in total. The fourth-order valence-electron chi connectivity index (χ4n) is 1.51. The summed E-state index contributed by atoms with van der Waals surface area (Å²) in [4.78, 5) is 0. The van der Waals surface area contributed by atoms with Crippen molar-refractivity contribution in [2.45, 2.75) is 13.0 Å². The first-order valence-electron chi connectivity index (χ1n) is 6.32. The molecule has 0 amide bonds. The molecule has 0 radical (unpaired) electrons. The molecular formula is C15H21NO2S. The number of aliphatic hydroxyl groups excluding tert-OH is 1. The number of benzene rings is 1. The summed E-state index contributed by atoms with van der Waals surface area (Å²) in [7, 11) is 0. The zero-order valence-electron chi connectivity index (χ0n) is 11.3. The van der Waals surface area contributed by atoms with Crippen LogP contribution >= 0.6 is 11.8 Å². The number of terminal acetylenes is 1. The molecule has 1 aromatic rings. The van der Waals surface area contributed by atoms with Crippen LogP contribution in [-0.2, 0) is 0 Å². The summed E-state index contributed by atoms with van der Waals surface area (Å²) in [6, 6.07) is 7.79. The molecule has 0 spiro atoms. The van der Waals surface area contributed by atoms with Crippen molar-refractivity contribution in [3.05, 3.63) is 29.8 Å². The summed E-state index contributed by atoms with van der Waals surface area (Å²) in [5, 5.41) is 13.0. The molecule has 0 saturated heterocycles. The smallest absolute Gasteiger partial charge is 0.122 e. The number of rotatable bonds is 9. The van der Waals surface area contributed by atoms with E-state index in [0.717, 1.165) is 29.4 Å². The molecule has 1 atom stereocenters. The van der Waals surface area contributed by atoms with Crippen LogP contribution in [0.3, 0.4) is 0 Å². The fraction of sp³-hybridized carbons (Fsp3) is 0.467. The third-order valence-electron chi connectivity index (χ3n) is 2.51. The van der Waals surface area contributed by atoms with E-state index in [9.17, 15) is 5.11 Å². The SMILES string of the molecule is C#CCSCCNCC(O)COc1ccccc1C. The van der Waals surface area contributed by atoms with E-state index >= 15 is 0 Å². The second kappa shape index (κ2) is 9.74. The lowest BCUT2D eigenvalue weighted by molar-refractivity contribution is 0.106. The number of aliphatic hydroxyl groups is 1. The van der Waals surface area contributed by atoms with Crippen molar-refractivity contribution in [1.29, 1.82) is 0 Å². The lowest BCUT2D eigenvalue weighted by atomic mass is 10.2. The Balaban J connectivity index is 2.10. The van der Waals surface area contributed by atoms with Gasteiger partial charge in [-0.2, -0.15) is 0 Å². The minimum Gasteiger partial charge on any atom is -0.491 e. The van der Waals surface area contributed by atoms with Gasteiger partial charge in [0.2, 0.25) is 0 Å². The summed E-state index contributed by atoms with van der Waals surface area (Å²) in [6.07, 6.45) is 4.65. The molecule has 0 aromatic heterocycles. The predicted octanol–water partition coefficient (Wildman–Crippen LogP) is 1.69. The minimum atomic E-state index is -0.503. The van der Waals surface area contributed by atoms with Gasteiger partial charge in [0.05, 0.1) is 5.75 Å². The van der Waals surface area contributed by atoms with Crippen LogP contribution in [0.4, 0.5) is 0 Å². The zero-order chi connectivity index (χ0) is 13.9. The van der Waals surface area contributed by atoms with Crippen molar-refractivity contribution in [3.63, 3.8) is 0 Å². The van der Waals surface area contributed by atoms with Crippen molar-refractivity contribution < 1.29 is 9.84 Å². The molecule has 19 heavy (non-hydrogen) atoms. The number of hydrogen-bond donors (Lipinski definition) is 2. The summed E-state index contributed by atoms with van der Waals surface area (Å²) >= 11 is 1.71. The van der Waals surface area contributed by atoms with Crippen LogP contribution in [0.2, 0.25) is 0 Å². The topological polar surface area (TPSA) is 41.5 Å². The molecule has 3 nitrogen and oxygen atoms in total. The molecule has 0 aliphatic rings. The molecule has 0 fully saturated rings. The van der Waals surface area contributed by atoms with Gasteiger partial charge >= 0.3 is 0 Å². The number of nitrogens with one attached hydrogen (secondary N) is 1. The Morgan fingerprint density at radius 2 is 2.26 bits per heavy atom. The summed E-state index contributed by atoms with van der Waals surface area (Å²) in [5.74, 6) is 5.09. The van der Waals surface area contributed by atoms with Crippen molar-refractivity contribution >= 4 is 11.8 Å². The Labute approximate surface area is 119 Å². The minimum absolute atomic E-state index is 0.301. The molecule has 1 aromatic carbocycles. The first-order valence-corrected chi connectivity index (χ1v) is 7.48. The average Bonchev–Trinajstić information content (AvgIpc) is 2.42. The van der Waals surface area contributed by atoms with Crippen LogP contribution in [0.1, 0.15) is 5.56 Å². The van der Waals surface area contributed by atoms with Crippen LogP contribution in [0, 0.1) is 19.3 Å². The van der Waals surface area contributed by atoms with Gasteiger partial charge in [0.25, 0.3) is 0 Å². The van der Waals surface area contributed by atoms with Crippen LogP contribution in [0.5, 0.6) is 5.75 Å². The second-order valence-electron chi connectivity index (χ2n) is 4.19. The van der Waals surface area contributed by atoms with E-state index in [4.69, 9.17) is 11.2 Å². The number of aryl methyl sites for hydroxylation is 1. The van der Waals surface area contributed by atoms with Crippen LogP contribution in [0.25, 0.3) is 0 Å². The molecule has 0 saturated carbocycles. The van der Waals surface area contributed by atoms with Crippen molar-refractivity contribution in [1.82, 2.24) is 5.32 Å². The number of ether oxygens (including phenoxy) is 1. The van der Waals surface area contributed by atoms with Crippen molar-refractivity contribution in [2.75, 3.05) is 31.2 Å². The Morgan fingerprint density at radius 1 is 1.47 bits per heavy atom. The molecule has 0 heterocycles. The molecule has 1 rings (SSSR count). The van der Waals surface area contributed by atoms with Gasteiger partial charge in [-0.15, -0.1) is 18.2 Å². The Kier molecular flexibility index (Phi) is 8.15. The maximum atomic E-state index is 9.78. The van der Waals surface area contributed by atoms with Gasteiger partial charge in [-0.1, -0.05) is 24.1 Å². The second-order valence-corrected chi connectivity index (χ2v) is 5.30. The number of thioether (sulfide) groups is 1. The van der Waals surface area contributed by atoms with Gasteiger partial charge in [-0.3, -0.25) is 0 Å². The van der Waals surface area contributed by atoms with Gasteiger partial charge in [0.15, 0.2) is 0 Å². The lowest BCUT2D eigenvalue weighted by Crippen LogP contribution is -2.32. The van der Waals surface area contributed by atoms with E-state index in [2.05, 4.69) is 11.2 Å². The highest BCUT2D eigenvalue weighted by molar-refractivity contribution is 7.99. The molecule has 0 bridgehead atoms. The first-order chi connectivity index (χ1) is 9.24. The predicted molar refractivity (Wildman–Crippen MR) is 81.7 cm³/mol. The zero-order valence-corrected chi connectivity index (χ0v) is 12.1. The van der Waals surface area contributed by atoms with Gasteiger partial charge in [-0.25, -0.2) is 0 Å². The Hall–Kier alpha value is -1.15. The van der Waals surface area contributed by atoms with E-state index < -0.39 is 6.10 Å². The molecule has 0 aliphatic carbocycles. The molecular weight excluding hydrogens is 258 g/mol. The van der Waals surface area contributed by atoms with Crippen LogP contribution in [0.15, 0.2) is 24.3 Å². The molecule has 104 valence electrons. The summed E-state index contributed by atoms with van der Waals surface area (Å²) in [6.45, 7) is 3.66. The van der Waals surface area contributed by atoms with E-state index in [1.54, 1.807) is 11.8 Å². The standard InChI is InChI=1S/C15H21NO2S/c1-3-9-19-10-8-16-11-14(17)12-18-15-7-5-4-6-13(15)2/h1,4-7,14,16-17H,8-12H2,2H3. The lowest BCUT2D eigenvalue weighted by Gasteiger charge is -2.14. The number of hydrogen-bond acceptors (Lipinski definition) is 4. The molecule has 1 unspecified atom stereocenters. The van der Waals surface area contributed by atoms with Crippen molar-refractivity contribution in [2.24, 2.45) is 0 Å². The maximum Gasteiger partial charge on any atom is 0.122 e. The Bertz CT molecular complexity index is 403. The average molecular weight is 279 g/mol.